The average molecular weight is 632 g/mol. The van der Waals surface area contributed by atoms with Crippen LogP contribution in [0.15, 0.2) is 53.5 Å². The lowest BCUT2D eigenvalue weighted by molar-refractivity contribution is -0.120. The predicted molar refractivity (Wildman–Crippen MR) is 159 cm³/mol. The number of aromatic nitrogens is 1. The number of methoxy groups -OCH3 is 1. The number of pyridine rings is 1. The van der Waals surface area contributed by atoms with Crippen molar-refractivity contribution < 1.29 is 37.0 Å². The van der Waals surface area contributed by atoms with Gasteiger partial charge in [-0.2, -0.15) is 0 Å². The molecule has 0 saturated carbocycles. The van der Waals surface area contributed by atoms with Crippen LogP contribution in [0.2, 0.25) is 0 Å². The van der Waals surface area contributed by atoms with Crippen LogP contribution in [0.4, 0.5) is 13.2 Å². The zero-order chi connectivity index (χ0) is 32.0. The molecule has 0 bridgehead atoms. The Morgan fingerprint density at radius 2 is 1.82 bits per heavy atom. The van der Waals surface area contributed by atoms with Gasteiger partial charge in [-0.3, -0.25) is 14.4 Å². The molecule has 234 valence electrons. The van der Waals surface area contributed by atoms with Gasteiger partial charge in [0.25, 0.3) is 5.91 Å². The van der Waals surface area contributed by atoms with Crippen molar-refractivity contribution in [3.05, 3.63) is 98.7 Å². The van der Waals surface area contributed by atoms with E-state index in [1.54, 1.807) is 28.5 Å². The summed E-state index contributed by atoms with van der Waals surface area (Å²) < 4.78 is 60.5. The smallest absolute Gasteiger partial charge is 0.352 e. The van der Waals surface area contributed by atoms with Crippen LogP contribution in [-0.2, 0) is 27.4 Å². The van der Waals surface area contributed by atoms with Crippen LogP contribution >= 0.6 is 12.2 Å². The maximum Gasteiger partial charge on any atom is 0.352 e. The Kier molecular flexibility index (Phi) is 10.6. The third-order valence-electron chi connectivity index (χ3n) is 7.61. The maximum absolute atomic E-state index is 14.3. The first-order valence-electron chi connectivity index (χ1n) is 13.8. The summed E-state index contributed by atoms with van der Waals surface area (Å²) in [4.78, 5) is 40.7. The van der Waals surface area contributed by atoms with Crippen LogP contribution in [-0.4, -0.2) is 52.8 Å². The molecular formula is C31H32F3N3O6S. The molecular weight excluding hydrogens is 599 g/mol. The molecule has 1 aromatic heterocycles. The van der Waals surface area contributed by atoms with E-state index in [9.17, 15) is 27.6 Å². The molecule has 44 heavy (non-hydrogen) atoms. The van der Waals surface area contributed by atoms with Crippen LogP contribution in [0.3, 0.4) is 0 Å². The van der Waals surface area contributed by atoms with Crippen LogP contribution in [0.5, 0.6) is 5.75 Å². The number of hydrogen-bond donors (Lipinski definition) is 1. The maximum atomic E-state index is 14.3. The second kappa shape index (κ2) is 14.4. The lowest BCUT2D eigenvalue weighted by Gasteiger charge is -2.32. The lowest BCUT2D eigenvalue weighted by Crippen LogP contribution is -2.40. The van der Waals surface area contributed by atoms with Crippen molar-refractivity contribution in [1.29, 1.82) is 0 Å². The summed E-state index contributed by atoms with van der Waals surface area (Å²) in [5.74, 6) is -4.57. The molecule has 1 fully saturated rings. The first kappa shape index (κ1) is 32.5. The predicted octanol–water partition coefficient (Wildman–Crippen LogP) is 4.58. The van der Waals surface area contributed by atoms with E-state index in [1.807, 2.05) is 25.1 Å². The Bertz CT molecular complexity index is 1560. The molecule has 2 amide bonds. The van der Waals surface area contributed by atoms with Gasteiger partial charge in [0.1, 0.15) is 35.7 Å². The topological polar surface area (TPSA) is 99.1 Å². The largest absolute Gasteiger partial charge is 0.483 e. The summed E-state index contributed by atoms with van der Waals surface area (Å²) in [5.41, 5.74) is -0.609. The van der Waals surface area contributed by atoms with Crippen LogP contribution in [0.25, 0.3) is 0 Å². The third-order valence-corrected chi connectivity index (χ3v) is 7.87. The van der Waals surface area contributed by atoms with Gasteiger partial charge in [-0.1, -0.05) is 30.3 Å². The molecule has 1 aliphatic rings. The standard InChI is InChI=1S/C31H32F3N3O6S/c1-18-9-10-27(43-31(44)41-3)26(15-36(18)17-38)37-14-23(30(40)35-13-22-24(33)11-21(32)12-25(22)34)28(39)29(19(37)2)42-16-20-7-5-4-6-8-20/h4-8,11-12,14,17-18,26-27H,9-10,13,15-16H2,1-3H3,(H,35,40). The third kappa shape index (κ3) is 7.39. The molecule has 2 heterocycles. The Labute approximate surface area is 257 Å². The van der Waals surface area contributed by atoms with E-state index in [0.29, 0.717) is 30.7 Å². The minimum Gasteiger partial charge on any atom is -0.483 e. The van der Waals surface area contributed by atoms with Crippen molar-refractivity contribution in [2.24, 2.45) is 0 Å². The fourth-order valence-electron chi connectivity index (χ4n) is 5.11. The van der Waals surface area contributed by atoms with Gasteiger partial charge in [0.05, 0.1) is 18.8 Å². The van der Waals surface area contributed by atoms with Gasteiger partial charge < -0.3 is 29.0 Å². The number of benzene rings is 2. The zero-order valence-corrected chi connectivity index (χ0v) is 25.2. The molecule has 0 aliphatic carbocycles. The van der Waals surface area contributed by atoms with Crippen molar-refractivity contribution in [1.82, 2.24) is 14.8 Å². The van der Waals surface area contributed by atoms with Gasteiger partial charge in [0.15, 0.2) is 5.75 Å². The number of thiocarbonyl (C=S) groups is 1. The van der Waals surface area contributed by atoms with Crippen molar-refractivity contribution in [2.75, 3.05) is 13.7 Å². The van der Waals surface area contributed by atoms with E-state index in [4.69, 9.17) is 26.4 Å². The molecule has 1 aliphatic heterocycles. The first-order valence-corrected chi connectivity index (χ1v) is 14.2. The van der Waals surface area contributed by atoms with Crippen molar-refractivity contribution in [2.45, 2.75) is 58.0 Å². The molecule has 1 saturated heterocycles. The highest BCUT2D eigenvalue weighted by Gasteiger charge is 2.35. The van der Waals surface area contributed by atoms with Crippen molar-refractivity contribution in [3.63, 3.8) is 0 Å². The molecule has 3 aromatic rings. The summed E-state index contributed by atoms with van der Waals surface area (Å²) in [5, 5.41) is 2.23. The quantitative estimate of drug-likeness (QED) is 0.273. The van der Waals surface area contributed by atoms with E-state index >= 15 is 0 Å². The summed E-state index contributed by atoms with van der Waals surface area (Å²) >= 11 is 5.16. The molecule has 9 nitrogen and oxygen atoms in total. The Balaban J connectivity index is 1.79. The van der Waals surface area contributed by atoms with Gasteiger partial charge in [0.2, 0.25) is 11.8 Å². The highest BCUT2D eigenvalue weighted by atomic mass is 32.1. The van der Waals surface area contributed by atoms with Gasteiger partial charge in [-0.25, -0.2) is 13.2 Å². The number of carbonyl (C=O) groups is 2. The lowest BCUT2D eigenvalue weighted by atomic mass is 10.0. The number of hydrogen-bond acceptors (Lipinski definition) is 7. The summed E-state index contributed by atoms with van der Waals surface area (Å²) in [6.45, 7) is 3.01. The minimum atomic E-state index is -1.19. The number of nitrogens with one attached hydrogen (secondary N) is 1. The molecule has 3 atom stereocenters. The van der Waals surface area contributed by atoms with E-state index in [-0.39, 0.29) is 35.7 Å². The van der Waals surface area contributed by atoms with E-state index in [1.165, 1.54) is 13.3 Å². The Morgan fingerprint density at radius 3 is 2.45 bits per heavy atom. The number of amides is 2. The molecule has 0 spiro atoms. The molecule has 4 rings (SSSR count). The van der Waals surface area contributed by atoms with Crippen LogP contribution in [0.1, 0.15) is 53.0 Å². The number of likely N-dealkylation sites (tertiary alicyclic amines) is 1. The fraction of sp³-hybridized carbons (Fsp3) is 0.355. The number of rotatable bonds is 9. The first-order chi connectivity index (χ1) is 21.0. The Morgan fingerprint density at radius 1 is 1.14 bits per heavy atom. The molecule has 2 aromatic carbocycles. The summed E-state index contributed by atoms with van der Waals surface area (Å²) in [7, 11) is 1.36. The molecule has 13 heteroatoms. The van der Waals surface area contributed by atoms with E-state index < -0.39 is 53.0 Å². The highest BCUT2D eigenvalue weighted by Crippen LogP contribution is 2.31. The SMILES string of the molecule is COC(=S)OC1CCC(C)N(C=O)CC1n1cc(C(=O)NCc2c(F)cc(F)cc2F)c(=O)c(OCc2ccccc2)c1C. The van der Waals surface area contributed by atoms with Crippen LogP contribution in [0, 0.1) is 24.4 Å². The fourth-order valence-corrected chi connectivity index (χ4v) is 5.23. The van der Waals surface area contributed by atoms with Crippen molar-refractivity contribution >= 4 is 29.8 Å². The van der Waals surface area contributed by atoms with E-state index in [2.05, 4.69) is 5.32 Å². The van der Waals surface area contributed by atoms with Gasteiger partial charge in [-0.15, -0.1) is 0 Å². The average Bonchev–Trinajstić information content (AvgIpc) is 3.15. The zero-order valence-electron chi connectivity index (χ0n) is 24.3. The number of nitrogens with zero attached hydrogens (tertiary/aromatic N) is 2. The van der Waals surface area contributed by atoms with Gasteiger partial charge in [-0.05, 0) is 32.3 Å². The normalized spacial score (nSPS) is 18.2. The molecule has 3 unspecified atom stereocenters. The second-order valence-electron chi connectivity index (χ2n) is 10.4. The monoisotopic (exact) mass is 631 g/mol. The van der Waals surface area contributed by atoms with Gasteiger partial charge in [0, 0.05) is 55.2 Å². The van der Waals surface area contributed by atoms with Crippen LogP contribution < -0.4 is 15.5 Å². The number of carbonyl (C=O) groups excluding carboxylic acids is 2. The molecule has 0 radical (unpaired) electrons. The summed E-state index contributed by atoms with van der Waals surface area (Å²) in [6.07, 6.45) is 2.42. The molecule has 1 N–H and O–H groups in total. The number of ether oxygens (including phenoxy) is 3. The Hall–Kier alpha value is -4.39. The second-order valence-corrected chi connectivity index (χ2v) is 10.7. The minimum absolute atomic E-state index is 0.00382. The summed E-state index contributed by atoms with van der Waals surface area (Å²) in [6, 6.07) is 9.25. The van der Waals surface area contributed by atoms with E-state index in [0.717, 1.165) is 12.0 Å². The van der Waals surface area contributed by atoms with Crippen molar-refractivity contribution in [3.8, 4) is 5.75 Å². The van der Waals surface area contributed by atoms with Gasteiger partial charge >= 0.3 is 5.24 Å². The highest BCUT2D eigenvalue weighted by molar-refractivity contribution is 7.79. The number of halogens is 3.